The first-order valence-electron chi connectivity index (χ1n) is 5.44. The van der Waals surface area contributed by atoms with Crippen molar-refractivity contribution in [2.75, 3.05) is 0 Å². The van der Waals surface area contributed by atoms with Gasteiger partial charge < -0.3 is 4.74 Å². The fourth-order valence-electron chi connectivity index (χ4n) is 2.80. The van der Waals surface area contributed by atoms with Crippen LogP contribution in [0, 0.1) is 11.8 Å². The highest BCUT2D eigenvalue weighted by atomic mass is 79.9. The molecule has 0 heterocycles. The molecule has 2 rings (SSSR count). The Kier molecular flexibility index (Phi) is 3.14. The second-order valence-electron chi connectivity index (χ2n) is 4.44. The fraction of sp³-hybridized carbons (Fsp3) is 0.818. The van der Waals surface area contributed by atoms with Crippen molar-refractivity contribution in [3.8, 4) is 0 Å². The molecule has 4 heteroatoms. The molecule has 2 fully saturated rings. The number of ether oxygens (including phenoxy) is 1. The normalized spacial score (nSPS) is 40.0. The van der Waals surface area contributed by atoms with E-state index in [0.29, 0.717) is 17.2 Å². The molecule has 3 nitrogen and oxygen atoms in total. The highest BCUT2D eigenvalue weighted by Gasteiger charge is 2.45. The number of halogens is 1. The van der Waals surface area contributed by atoms with Crippen LogP contribution in [-0.2, 0) is 14.3 Å². The van der Waals surface area contributed by atoms with Crippen molar-refractivity contribution in [2.24, 2.45) is 11.8 Å². The van der Waals surface area contributed by atoms with Gasteiger partial charge in [0.05, 0.1) is 0 Å². The molecule has 2 aliphatic carbocycles. The highest BCUT2D eigenvalue weighted by Crippen LogP contribution is 2.44. The number of ketones is 1. The first kappa shape index (κ1) is 11.1. The van der Waals surface area contributed by atoms with Crippen LogP contribution in [0.3, 0.4) is 0 Å². The molecule has 0 radical (unpaired) electrons. The smallest absolute Gasteiger partial charge is 0.303 e. The van der Waals surface area contributed by atoms with Gasteiger partial charge in [0.2, 0.25) is 0 Å². The monoisotopic (exact) mass is 274 g/mol. The minimum absolute atomic E-state index is 0.118. The SMILES string of the molecule is CC(=O)OC1CCC2C(Br)CCC2C1=O. The Bertz CT molecular complexity index is 290. The molecular weight excluding hydrogens is 260 g/mol. The quantitative estimate of drug-likeness (QED) is 0.543. The van der Waals surface area contributed by atoms with Crippen LogP contribution in [0.4, 0.5) is 0 Å². The van der Waals surface area contributed by atoms with E-state index in [4.69, 9.17) is 4.74 Å². The topological polar surface area (TPSA) is 43.4 Å². The minimum Gasteiger partial charge on any atom is -0.455 e. The summed E-state index contributed by atoms with van der Waals surface area (Å²) in [4.78, 5) is 23.3. The van der Waals surface area contributed by atoms with Gasteiger partial charge in [0, 0.05) is 17.7 Å². The molecule has 2 saturated carbocycles. The zero-order valence-corrected chi connectivity index (χ0v) is 10.3. The third-order valence-corrected chi connectivity index (χ3v) is 4.62. The van der Waals surface area contributed by atoms with Crippen molar-refractivity contribution in [3.63, 3.8) is 0 Å². The van der Waals surface area contributed by atoms with Crippen LogP contribution in [0.5, 0.6) is 0 Å². The third kappa shape index (κ3) is 2.10. The maximum absolute atomic E-state index is 12.0. The molecule has 84 valence electrons. The molecular formula is C11H15BrO3. The average Bonchev–Trinajstić information content (AvgIpc) is 2.53. The van der Waals surface area contributed by atoms with E-state index in [1.807, 2.05) is 0 Å². The van der Waals surface area contributed by atoms with Crippen LogP contribution < -0.4 is 0 Å². The van der Waals surface area contributed by atoms with Gasteiger partial charge in [-0.15, -0.1) is 0 Å². The van der Waals surface area contributed by atoms with Gasteiger partial charge in [-0.25, -0.2) is 0 Å². The molecule has 0 aliphatic heterocycles. The fourth-order valence-corrected chi connectivity index (χ4v) is 3.69. The molecule has 0 bridgehead atoms. The summed E-state index contributed by atoms with van der Waals surface area (Å²) in [5, 5.41) is 0. The van der Waals surface area contributed by atoms with Crippen molar-refractivity contribution in [1.29, 1.82) is 0 Å². The van der Waals surface area contributed by atoms with E-state index in [-0.39, 0.29) is 17.7 Å². The third-order valence-electron chi connectivity index (χ3n) is 3.49. The molecule has 0 aromatic heterocycles. The van der Waals surface area contributed by atoms with E-state index in [9.17, 15) is 9.59 Å². The molecule has 0 spiro atoms. The maximum Gasteiger partial charge on any atom is 0.303 e. The number of hydrogen-bond acceptors (Lipinski definition) is 3. The summed E-state index contributed by atoms with van der Waals surface area (Å²) in [5.74, 6) is 0.375. The van der Waals surface area contributed by atoms with Gasteiger partial charge in [-0.1, -0.05) is 15.9 Å². The largest absolute Gasteiger partial charge is 0.455 e. The molecule has 0 amide bonds. The van der Waals surface area contributed by atoms with Crippen LogP contribution in [0.25, 0.3) is 0 Å². The lowest BCUT2D eigenvalue weighted by atomic mass is 9.79. The lowest BCUT2D eigenvalue weighted by molar-refractivity contribution is -0.157. The number of hydrogen-bond donors (Lipinski definition) is 0. The molecule has 2 aliphatic rings. The summed E-state index contributed by atoms with van der Waals surface area (Å²) >= 11 is 3.62. The van der Waals surface area contributed by atoms with Gasteiger partial charge in [-0.05, 0) is 31.6 Å². The Morgan fingerprint density at radius 2 is 2.07 bits per heavy atom. The van der Waals surface area contributed by atoms with Crippen LogP contribution in [0.1, 0.15) is 32.6 Å². The van der Waals surface area contributed by atoms with Gasteiger partial charge in [0.25, 0.3) is 0 Å². The van der Waals surface area contributed by atoms with Crippen LogP contribution in [0.2, 0.25) is 0 Å². The average molecular weight is 275 g/mol. The first-order valence-corrected chi connectivity index (χ1v) is 6.36. The Balaban J connectivity index is 2.04. The minimum atomic E-state index is -0.471. The standard InChI is InChI=1S/C11H15BrO3/c1-6(13)15-10-5-3-7-8(11(10)14)2-4-9(7)12/h7-10H,2-5H2,1H3. The summed E-state index contributed by atoms with van der Waals surface area (Å²) in [6.45, 7) is 1.36. The van der Waals surface area contributed by atoms with Crippen molar-refractivity contribution in [2.45, 2.75) is 43.5 Å². The number of rotatable bonds is 1. The van der Waals surface area contributed by atoms with Gasteiger partial charge in [0.15, 0.2) is 11.9 Å². The Morgan fingerprint density at radius 3 is 2.73 bits per heavy atom. The second-order valence-corrected chi connectivity index (χ2v) is 5.62. The van der Waals surface area contributed by atoms with E-state index in [1.165, 1.54) is 6.92 Å². The Labute approximate surface area is 97.7 Å². The zero-order valence-electron chi connectivity index (χ0n) is 8.74. The first-order chi connectivity index (χ1) is 7.09. The maximum atomic E-state index is 12.0. The molecule has 0 saturated heterocycles. The number of fused-ring (bicyclic) bond motifs is 1. The zero-order chi connectivity index (χ0) is 11.0. The van der Waals surface area contributed by atoms with Gasteiger partial charge in [-0.2, -0.15) is 0 Å². The number of Topliss-reactive ketones (excluding diaryl/α,β-unsaturated/α-hetero) is 1. The van der Waals surface area contributed by atoms with Crippen LogP contribution in [-0.4, -0.2) is 22.7 Å². The highest BCUT2D eigenvalue weighted by molar-refractivity contribution is 9.09. The van der Waals surface area contributed by atoms with Gasteiger partial charge in [0.1, 0.15) is 0 Å². The summed E-state index contributed by atoms with van der Waals surface area (Å²) < 4.78 is 5.04. The van der Waals surface area contributed by atoms with E-state index < -0.39 is 6.10 Å². The van der Waals surface area contributed by atoms with Gasteiger partial charge in [-0.3, -0.25) is 9.59 Å². The van der Waals surface area contributed by atoms with E-state index in [0.717, 1.165) is 19.3 Å². The van der Waals surface area contributed by atoms with Crippen molar-refractivity contribution in [1.82, 2.24) is 0 Å². The molecule has 4 atom stereocenters. The molecule has 0 N–H and O–H groups in total. The molecule has 4 unspecified atom stereocenters. The molecule has 0 aromatic rings. The van der Waals surface area contributed by atoms with Crippen LogP contribution >= 0.6 is 15.9 Å². The lowest BCUT2D eigenvalue weighted by Crippen LogP contribution is -2.40. The van der Waals surface area contributed by atoms with E-state index in [2.05, 4.69) is 15.9 Å². The number of alkyl halides is 1. The number of carbonyl (C=O) groups excluding carboxylic acids is 2. The molecule has 0 aromatic carbocycles. The Morgan fingerprint density at radius 1 is 1.33 bits per heavy atom. The van der Waals surface area contributed by atoms with E-state index >= 15 is 0 Å². The van der Waals surface area contributed by atoms with Crippen molar-refractivity contribution >= 4 is 27.7 Å². The second kappa shape index (κ2) is 4.24. The summed E-state index contributed by atoms with van der Waals surface area (Å²) in [6.07, 6.45) is 3.22. The lowest BCUT2D eigenvalue weighted by Gasteiger charge is -2.31. The van der Waals surface area contributed by atoms with Crippen molar-refractivity contribution < 1.29 is 14.3 Å². The van der Waals surface area contributed by atoms with Crippen LogP contribution in [0.15, 0.2) is 0 Å². The summed E-state index contributed by atoms with van der Waals surface area (Å²) in [5.41, 5.74) is 0. The van der Waals surface area contributed by atoms with E-state index in [1.54, 1.807) is 0 Å². The van der Waals surface area contributed by atoms with Gasteiger partial charge >= 0.3 is 5.97 Å². The summed E-state index contributed by atoms with van der Waals surface area (Å²) in [6, 6.07) is 0. The predicted molar refractivity (Wildman–Crippen MR) is 58.7 cm³/mol. The Hall–Kier alpha value is -0.380. The summed E-state index contributed by atoms with van der Waals surface area (Å²) in [7, 11) is 0. The number of carbonyl (C=O) groups is 2. The molecule has 15 heavy (non-hydrogen) atoms. The predicted octanol–water partition coefficient (Wildman–Crippen LogP) is 2.07. The number of esters is 1. The van der Waals surface area contributed by atoms with Crippen molar-refractivity contribution in [3.05, 3.63) is 0 Å².